The van der Waals surface area contributed by atoms with E-state index in [1.54, 1.807) is 6.92 Å². The number of amides is 1. The molecule has 3 heteroatoms. The second-order valence-corrected chi connectivity index (χ2v) is 3.40. The summed E-state index contributed by atoms with van der Waals surface area (Å²) in [5, 5.41) is 9.03. The minimum Gasteiger partial charge on any atom is -0.394 e. The molecule has 0 heterocycles. The van der Waals surface area contributed by atoms with E-state index >= 15 is 0 Å². The Morgan fingerprint density at radius 2 is 2.25 bits per heavy atom. The van der Waals surface area contributed by atoms with Crippen molar-refractivity contribution in [3.05, 3.63) is 0 Å². The van der Waals surface area contributed by atoms with Crippen molar-refractivity contribution in [1.29, 1.82) is 0 Å². The van der Waals surface area contributed by atoms with E-state index in [1.807, 2.05) is 11.8 Å². The number of aliphatic hydroxyl groups excluding tert-OH is 1. The highest BCUT2D eigenvalue weighted by Crippen LogP contribution is 2.29. The van der Waals surface area contributed by atoms with Crippen molar-refractivity contribution in [3.8, 4) is 0 Å². The highest BCUT2D eigenvalue weighted by Gasteiger charge is 2.34. The highest BCUT2D eigenvalue weighted by atomic mass is 16.3. The molecule has 1 amide bonds. The van der Waals surface area contributed by atoms with Crippen LogP contribution in [0.2, 0.25) is 0 Å². The molecule has 0 aliphatic heterocycles. The van der Waals surface area contributed by atoms with Gasteiger partial charge >= 0.3 is 0 Å². The molecule has 0 radical (unpaired) electrons. The van der Waals surface area contributed by atoms with Crippen LogP contribution in [0.3, 0.4) is 0 Å². The molecule has 0 bridgehead atoms. The number of carbonyl (C=O) groups excluding carboxylic acids is 1. The van der Waals surface area contributed by atoms with Gasteiger partial charge in [-0.15, -0.1) is 0 Å². The first kappa shape index (κ1) is 9.52. The Bertz CT molecular complexity index is 162. The molecule has 0 unspecified atom stereocenters. The summed E-state index contributed by atoms with van der Waals surface area (Å²) >= 11 is 0. The molecule has 1 aliphatic rings. The van der Waals surface area contributed by atoms with Gasteiger partial charge < -0.3 is 10.0 Å². The van der Waals surface area contributed by atoms with Crippen LogP contribution in [0.25, 0.3) is 0 Å². The monoisotopic (exact) mass is 171 g/mol. The van der Waals surface area contributed by atoms with Crippen molar-refractivity contribution in [1.82, 2.24) is 4.90 Å². The van der Waals surface area contributed by atoms with Gasteiger partial charge in [0, 0.05) is 13.0 Å². The van der Waals surface area contributed by atoms with E-state index in [9.17, 15) is 4.79 Å². The zero-order valence-corrected chi connectivity index (χ0v) is 7.79. The fourth-order valence-electron chi connectivity index (χ4n) is 1.58. The molecule has 12 heavy (non-hydrogen) atoms. The van der Waals surface area contributed by atoms with Gasteiger partial charge in [0.2, 0.25) is 5.91 Å². The summed E-state index contributed by atoms with van der Waals surface area (Å²) < 4.78 is 0. The molecular formula is C9H17NO2. The number of aliphatic hydroxyl groups is 1. The van der Waals surface area contributed by atoms with Crippen molar-refractivity contribution in [2.24, 2.45) is 0 Å². The Balaban J connectivity index is 2.55. The third kappa shape index (κ3) is 1.97. The maximum Gasteiger partial charge on any atom is 0.220 e. The Morgan fingerprint density at radius 3 is 2.50 bits per heavy atom. The molecule has 3 nitrogen and oxygen atoms in total. The normalized spacial score (nSPS) is 18.9. The lowest BCUT2D eigenvalue weighted by Crippen LogP contribution is -2.42. The van der Waals surface area contributed by atoms with Crippen LogP contribution in [0, 0.1) is 0 Å². The molecule has 1 rings (SSSR count). The third-order valence-electron chi connectivity index (χ3n) is 2.38. The molecule has 1 N–H and O–H groups in total. The van der Waals surface area contributed by atoms with E-state index in [2.05, 4.69) is 0 Å². The van der Waals surface area contributed by atoms with Gasteiger partial charge in [-0.2, -0.15) is 0 Å². The largest absolute Gasteiger partial charge is 0.394 e. The average molecular weight is 171 g/mol. The quantitative estimate of drug-likeness (QED) is 0.678. The van der Waals surface area contributed by atoms with Crippen LogP contribution >= 0.6 is 0 Å². The van der Waals surface area contributed by atoms with E-state index in [-0.39, 0.29) is 18.6 Å². The second-order valence-electron chi connectivity index (χ2n) is 3.40. The summed E-state index contributed by atoms with van der Waals surface area (Å²) in [6.07, 6.45) is 3.05. The van der Waals surface area contributed by atoms with Crippen molar-refractivity contribution >= 4 is 5.91 Å². The van der Waals surface area contributed by atoms with E-state index in [0.717, 1.165) is 19.3 Å². The topological polar surface area (TPSA) is 40.5 Å². The fourth-order valence-corrected chi connectivity index (χ4v) is 1.58. The van der Waals surface area contributed by atoms with E-state index < -0.39 is 0 Å². The molecule has 70 valence electrons. The predicted molar refractivity (Wildman–Crippen MR) is 46.7 cm³/mol. The summed E-state index contributed by atoms with van der Waals surface area (Å²) in [4.78, 5) is 13.0. The van der Waals surface area contributed by atoms with Gasteiger partial charge in [0.05, 0.1) is 12.6 Å². The summed E-state index contributed by atoms with van der Waals surface area (Å²) in [7, 11) is 0. The zero-order chi connectivity index (χ0) is 9.14. The van der Waals surface area contributed by atoms with Crippen LogP contribution in [0.4, 0.5) is 0 Å². The number of rotatable bonds is 4. The Morgan fingerprint density at radius 1 is 1.67 bits per heavy atom. The van der Waals surface area contributed by atoms with E-state index in [1.165, 1.54) is 0 Å². The molecule has 1 fully saturated rings. The first-order valence-corrected chi connectivity index (χ1v) is 4.60. The predicted octanol–water partition coefficient (Wildman–Crippen LogP) is 0.768. The Hall–Kier alpha value is -0.570. The molecule has 1 atom stereocenters. The minimum atomic E-state index is 0.0370. The van der Waals surface area contributed by atoms with Crippen molar-refractivity contribution in [2.45, 2.75) is 45.2 Å². The minimum absolute atomic E-state index is 0.0370. The lowest BCUT2D eigenvalue weighted by Gasteiger charge is -2.28. The van der Waals surface area contributed by atoms with Crippen molar-refractivity contribution in [3.63, 3.8) is 0 Å². The Labute approximate surface area is 73.4 Å². The first-order chi connectivity index (χ1) is 5.70. The maximum atomic E-state index is 11.2. The standard InChI is InChI=1S/C9H17NO2/c1-3-8(6-11)10(7(2)12)9-4-5-9/h8-9,11H,3-6H2,1-2H3/t8-/m1/s1. The molecule has 0 aromatic carbocycles. The molecule has 0 aromatic heterocycles. The number of nitrogens with zero attached hydrogens (tertiary/aromatic N) is 1. The van der Waals surface area contributed by atoms with E-state index in [0.29, 0.717) is 6.04 Å². The molecule has 0 saturated heterocycles. The zero-order valence-electron chi connectivity index (χ0n) is 7.79. The lowest BCUT2D eigenvalue weighted by atomic mass is 10.2. The van der Waals surface area contributed by atoms with Crippen molar-refractivity contribution < 1.29 is 9.90 Å². The van der Waals surface area contributed by atoms with Gasteiger partial charge in [-0.3, -0.25) is 4.79 Å². The summed E-state index contributed by atoms with van der Waals surface area (Å²) in [6, 6.07) is 0.453. The first-order valence-electron chi connectivity index (χ1n) is 4.60. The average Bonchev–Trinajstić information content (AvgIpc) is 2.82. The van der Waals surface area contributed by atoms with Crippen molar-refractivity contribution in [2.75, 3.05) is 6.61 Å². The summed E-state index contributed by atoms with van der Waals surface area (Å²) in [6.45, 7) is 3.67. The van der Waals surface area contributed by atoms with Crippen LogP contribution in [0.1, 0.15) is 33.1 Å². The van der Waals surface area contributed by atoms with Crippen LogP contribution < -0.4 is 0 Å². The highest BCUT2D eigenvalue weighted by molar-refractivity contribution is 5.74. The van der Waals surface area contributed by atoms with Crippen LogP contribution in [0.15, 0.2) is 0 Å². The number of hydrogen-bond acceptors (Lipinski definition) is 2. The SMILES string of the molecule is CC[C@H](CO)N(C(C)=O)C1CC1. The molecule has 0 aromatic rings. The second kappa shape index (κ2) is 3.90. The third-order valence-corrected chi connectivity index (χ3v) is 2.38. The smallest absolute Gasteiger partial charge is 0.220 e. The lowest BCUT2D eigenvalue weighted by molar-refractivity contribution is -0.132. The summed E-state index contributed by atoms with van der Waals surface area (Å²) in [5.41, 5.74) is 0. The number of carbonyl (C=O) groups is 1. The maximum absolute atomic E-state index is 11.2. The van der Waals surface area contributed by atoms with Crippen LogP contribution in [-0.4, -0.2) is 34.6 Å². The molecular weight excluding hydrogens is 154 g/mol. The van der Waals surface area contributed by atoms with Gasteiger partial charge in [0.1, 0.15) is 0 Å². The molecule has 1 saturated carbocycles. The Kier molecular flexibility index (Phi) is 3.09. The van der Waals surface area contributed by atoms with Gasteiger partial charge in [0.25, 0.3) is 0 Å². The van der Waals surface area contributed by atoms with Gasteiger partial charge in [0.15, 0.2) is 0 Å². The molecule has 1 aliphatic carbocycles. The molecule has 0 spiro atoms. The van der Waals surface area contributed by atoms with Gasteiger partial charge in [-0.25, -0.2) is 0 Å². The fraction of sp³-hybridized carbons (Fsp3) is 0.889. The van der Waals surface area contributed by atoms with E-state index in [4.69, 9.17) is 5.11 Å². The van der Waals surface area contributed by atoms with Gasteiger partial charge in [-0.05, 0) is 19.3 Å². The number of hydrogen-bond donors (Lipinski definition) is 1. The summed E-state index contributed by atoms with van der Waals surface area (Å²) in [5.74, 6) is 0.0957. The van der Waals surface area contributed by atoms with Gasteiger partial charge in [-0.1, -0.05) is 6.92 Å². The van der Waals surface area contributed by atoms with Crippen LogP contribution in [0.5, 0.6) is 0 Å². The van der Waals surface area contributed by atoms with Crippen LogP contribution in [-0.2, 0) is 4.79 Å².